The number of anilines is 1. The van der Waals surface area contributed by atoms with Gasteiger partial charge in [0.15, 0.2) is 0 Å². The summed E-state index contributed by atoms with van der Waals surface area (Å²) < 4.78 is 35.2. The van der Waals surface area contributed by atoms with Gasteiger partial charge in [0.05, 0.1) is 17.0 Å². The third-order valence-electron chi connectivity index (χ3n) is 2.21. The third-order valence-corrected chi connectivity index (χ3v) is 3.15. The van der Waals surface area contributed by atoms with Crippen LogP contribution in [-0.2, 0) is 14.6 Å². The summed E-state index contributed by atoms with van der Waals surface area (Å²) in [6.07, 6.45) is 0.596. The quantitative estimate of drug-likeness (QED) is 0.838. The number of rotatable bonds is 5. The molecular formula is C11H12FNO5S. The van der Waals surface area contributed by atoms with Gasteiger partial charge in [0, 0.05) is 12.7 Å². The van der Waals surface area contributed by atoms with E-state index in [0.29, 0.717) is 0 Å². The number of benzene rings is 1. The molecule has 8 heteroatoms. The number of aromatic carboxylic acids is 1. The van der Waals surface area contributed by atoms with Crippen LogP contribution in [0, 0.1) is 5.82 Å². The summed E-state index contributed by atoms with van der Waals surface area (Å²) in [7, 11) is -3.32. The molecule has 0 aromatic heterocycles. The number of para-hydroxylation sites is 1. The third kappa shape index (κ3) is 4.66. The molecule has 0 aliphatic heterocycles. The summed E-state index contributed by atoms with van der Waals surface area (Å²) in [5.41, 5.74) is -0.860. The topological polar surface area (TPSA) is 101 Å². The first-order valence-corrected chi connectivity index (χ1v) is 7.26. The van der Waals surface area contributed by atoms with E-state index in [1.807, 2.05) is 0 Å². The van der Waals surface area contributed by atoms with Gasteiger partial charge in [0.2, 0.25) is 5.91 Å². The first-order chi connectivity index (χ1) is 8.70. The minimum Gasteiger partial charge on any atom is -0.478 e. The molecule has 104 valence electrons. The van der Waals surface area contributed by atoms with Gasteiger partial charge in [-0.25, -0.2) is 17.6 Å². The number of amides is 1. The normalized spacial score (nSPS) is 11.1. The molecule has 1 amide bonds. The summed E-state index contributed by atoms with van der Waals surface area (Å²) >= 11 is 0. The van der Waals surface area contributed by atoms with Crippen LogP contribution in [0.5, 0.6) is 0 Å². The fourth-order valence-corrected chi connectivity index (χ4v) is 1.87. The fraction of sp³-hybridized carbons (Fsp3) is 0.273. The molecule has 0 atom stereocenters. The predicted molar refractivity (Wildman–Crippen MR) is 66.3 cm³/mol. The average molecular weight is 289 g/mol. The second-order valence-corrected chi connectivity index (χ2v) is 6.16. The smallest absolute Gasteiger partial charge is 0.337 e. The Morgan fingerprint density at radius 3 is 2.53 bits per heavy atom. The molecule has 0 saturated heterocycles. The van der Waals surface area contributed by atoms with E-state index in [-0.39, 0.29) is 6.42 Å². The molecule has 0 unspecified atom stereocenters. The van der Waals surface area contributed by atoms with Crippen LogP contribution in [0.25, 0.3) is 0 Å². The van der Waals surface area contributed by atoms with E-state index in [4.69, 9.17) is 5.11 Å². The lowest BCUT2D eigenvalue weighted by Crippen LogP contribution is -2.19. The second kappa shape index (κ2) is 5.79. The van der Waals surface area contributed by atoms with Crippen LogP contribution in [0.1, 0.15) is 16.8 Å². The van der Waals surface area contributed by atoms with E-state index < -0.39 is 44.5 Å². The van der Waals surface area contributed by atoms with Gasteiger partial charge in [0.1, 0.15) is 15.7 Å². The zero-order chi connectivity index (χ0) is 14.6. The van der Waals surface area contributed by atoms with Crippen molar-refractivity contribution >= 4 is 27.4 Å². The highest BCUT2D eigenvalue weighted by Gasteiger charge is 2.17. The first-order valence-electron chi connectivity index (χ1n) is 5.20. The number of carbonyl (C=O) groups excluding carboxylic acids is 1. The Kier molecular flexibility index (Phi) is 4.60. The fourth-order valence-electron chi connectivity index (χ4n) is 1.31. The minimum absolute atomic E-state index is 0.369. The molecule has 0 spiro atoms. The highest BCUT2D eigenvalue weighted by Crippen LogP contribution is 2.20. The highest BCUT2D eigenvalue weighted by molar-refractivity contribution is 7.90. The molecular weight excluding hydrogens is 277 g/mol. The van der Waals surface area contributed by atoms with Gasteiger partial charge in [-0.05, 0) is 12.1 Å². The second-order valence-electron chi connectivity index (χ2n) is 3.90. The van der Waals surface area contributed by atoms with Gasteiger partial charge < -0.3 is 10.4 Å². The molecule has 0 bridgehead atoms. The van der Waals surface area contributed by atoms with Gasteiger partial charge in [-0.15, -0.1) is 0 Å². The van der Waals surface area contributed by atoms with Crippen molar-refractivity contribution in [3.63, 3.8) is 0 Å². The van der Waals surface area contributed by atoms with E-state index in [0.717, 1.165) is 18.4 Å². The molecule has 0 aliphatic carbocycles. The Labute approximate surface area is 109 Å². The number of hydrogen-bond acceptors (Lipinski definition) is 4. The van der Waals surface area contributed by atoms with Crippen molar-refractivity contribution in [1.82, 2.24) is 0 Å². The molecule has 2 N–H and O–H groups in total. The van der Waals surface area contributed by atoms with Crippen LogP contribution in [0.4, 0.5) is 10.1 Å². The molecule has 6 nitrogen and oxygen atoms in total. The van der Waals surface area contributed by atoms with Crippen LogP contribution in [0.2, 0.25) is 0 Å². The van der Waals surface area contributed by atoms with E-state index in [2.05, 4.69) is 5.32 Å². The molecule has 0 saturated carbocycles. The van der Waals surface area contributed by atoms with Crippen molar-refractivity contribution in [3.05, 3.63) is 29.6 Å². The van der Waals surface area contributed by atoms with Crippen molar-refractivity contribution in [2.45, 2.75) is 6.42 Å². The molecule has 1 aromatic carbocycles. The number of sulfone groups is 1. The van der Waals surface area contributed by atoms with Crippen LogP contribution >= 0.6 is 0 Å². The summed E-state index contributed by atoms with van der Waals surface area (Å²) in [5, 5.41) is 10.9. The average Bonchev–Trinajstić information content (AvgIpc) is 2.28. The zero-order valence-corrected chi connectivity index (χ0v) is 10.8. The molecule has 0 heterocycles. The Hall–Kier alpha value is -1.96. The van der Waals surface area contributed by atoms with E-state index in [1.54, 1.807) is 0 Å². The zero-order valence-electron chi connectivity index (χ0n) is 10.0. The lowest BCUT2D eigenvalue weighted by atomic mass is 10.1. The van der Waals surface area contributed by atoms with E-state index in [1.165, 1.54) is 6.07 Å². The number of halogens is 1. The summed E-state index contributed by atoms with van der Waals surface area (Å²) in [6.45, 7) is 0. The number of carboxylic acids is 1. The Balaban J connectivity index is 2.88. The maximum atomic E-state index is 13.4. The van der Waals surface area contributed by atoms with E-state index in [9.17, 15) is 22.4 Å². The maximum absolute atomic E-state index is 13.4. The Morgan fingerprint density at radius 1 is 1.37 bits per heavy atom. The predicted octanol–water partition coefficient (Wildman–Crippen LogP) is 0.897. The lowest BCUT2D eigenvalue weighted by Gasteiger charge is -2.09. The van der Waals surface area contributed by atoms with Crippen molar-refractivity contribution in [2.24, 2.45) is 0 Å². The largest absolute Gasteiger partial charge is 0.478 e. The molecule has 0 fully saturated rings. The van der Waals surface area contributed by atoms with E-state index >= 15 is 0 Å². The Morgan fingerprint density at radius 2 is 2.00 bits per heavy atom. The molecule has 1 rings (SSSR count). The van der Waals surface area contributed by atoms with Crippen LogP contribution in [0.3, 0.4) is 0 Å². The number of hydrogen-bond donors (Lipinski definition) is 2. The molecule has 19 heavy (non-hydrogen) atoms. The van der Waals surface area contributed by atoms with Gasteiger partial charge in [-0.2, -0.15) is 0 Å². The summed E-state index contributed by atoms with van der Waals surface area (Å²) in [5.74, 6) is -3.45. The molecule has 1 aromatic rings. The van der Waals surface area contributed by atoms with Crippen molar-refractivity contribution in [3.8, 4) is 0 Å². The van der Waals surface area contributed by atoms with Crippen molar-refractivity contribution < 1.29 is 27.5 Å². The number of carbonyl (C=O) groups is 2. The monoisotopic (exact) mass is 289 g/mol. The van der Waals surface area contributed by atoms with Crippen LogP contribution in [-0.4, -0.2) is 37.4 Å². The SMILES string of the molecule is CS(=O)(=O)CCC(=O)Nc1c(F)cccc1C(=O)O. The highest BCUT2D eigenvalue weighted by atomic mass is 32.2. The summed E-state index contributed by atoms with van der Waals surface area (Å²) in [6, 6.07) is 3.33. The summed E-state index contributed by atoms with van der Waals surface area (Å²) in [4.78, 5) is 22.3. The van der Waals surface area contributed by atoms with Crippen molar-refractivity contribution in [1.29, 1.82) is 0 Å². The van der Waals surface area contributed by atoms with Gasteiger partial charge >= 0.3 is 5.97 Å². The number of carboxylic acid groups (broad SMARTS) is 1. The maximum Gasteiger partial charge on any atom is 0.337 e. The van der Waals surface area contributed by atoms with Gasteiger partial charge in [0.25, 0.3) is 0 Å². The molecule has 0 radical (unpaired) electrons. The minimum atomic E-state index is -3.32. The van der Waals surface area contributed by atoms with Gasteiger partial charge in [-0.3, -0.25) is 4.79 Å². The van der Waals surface area contributed by atoms with Crippen LogP contribution < -0.4 is 5.32 Å². The Bertz CT molecular complexity index is 612. The first kappa shape index (κ1) is 15.1. The van der Waals surface area contributed by atoms with Gasteiger partial charge in [-0.1, -0.05) is 6.07 Å². The molecule has 0 aliphatic rings. The van der Waals surface area contributed by atoms with Crippen LogP contribution in [0.15, 0.2) is 18.2 Å². The lowest BCUT2D eigenvalue weighted by molar-refractivity contribution is -0.115. The number of nitrogens with one attached hydrogen (secondary N) is 1. The standard InChI is InChI=1S/C11H12FNO5S/c1-19(17,18)6-5-9(14)13-10-7(11(15)16)3-2-4-8(10)12/h2-4H,5-6H2,1H3,(H,13,14)(H,15,16). The van der Waals surface area contributed by atoms with Crippen molar-refractivity contribution in [2.75, 3.05) is 17.3 Å².